The normalized spacial score (nSPS) is 14.5. The predicted octanol–water partition coefficient (Wildman–Crippen LogP) is 3.54. The Morgan fingerprint density at radius 2 is 1.89 bits per heavy atom. The minimum Gasteiger partial charge on any atom is -0.399 e. The fraction of sp³-hybridized carbons (Fsp3) is 0.333. The van der Waals surface area contributed by atoms with E-state index in [4.69, 9.17) is 5.73 Å². The molecule has 0 bridgehead atoms. The van der Waals surface area contributed by atoms with Crippen molar-refractivity contribution in [2.75, 3.05) is 5.73 Å². The molecule has 1 heterocycles. The van der Waals surface area contributed by atoms with Crippen LogP contribution < -0.4 is 21.6 Å². The smallest absolute Gasteiger partial charge is 0.0482 e. The summed E-state index contributed by atoms with van der Waals surface area (Å²) >= 11 is 0. The molecule has 0 aliphatic heterocycles. The molecule has 3 nitrogen and oxygen atoms in total. The SMILES string of the molecule is C=CC(Cc1cn(C(C)(C)C)c2c1=CCCC=2)NC(=C)c1ccc(N)cc1. The Balaban J connectivity index is 1.85. The molecule has 0 spiro atoms. The molecule has 0 radical (unpaired) electrons. The summed E-state index contributed by atoms with van der Waals surface area (Å²) in [6.45, 7) is 15.0. The molecule has 1 atom stereocenters. The first-order valence-electron chi connectivity index (χ1n) is 9.64. The number of fused-ring (bicyclic) bond motifs is 1. The lowest BCUT2D eigenvalue weighted by Gasteiger charge is -2.22. The lowest BCUT2D eigenvalue weighted by atomic mass is 10.0. The lowest BCUT2D eigenvalue weighted by molar-refractivity contribution is 0.388. The molecule has 0 fully saturated rings. The number of rotatable bonds is 6. The van der Waals surface area contributed by atoms with Crippen LogP contribution in [0.15, 0.2) is 49.7 Å². The minimum absolute atomic E-state index is 0.0642. The number of nitrogens with two attached hydrogens (primary N) is 1. The molecular weight excluding hydrogens is 330 g/mol. The predicted molar refractivity (Wildman–Crippen MR) is 118 cm³/mol. The second-order valence-corrected chi connectivity index (χ2v) is 8.27. The van der Waals surface area contributed by atoms with Crippen LogP contribution in [0.25, 0.3) is 17.8 Å². The van der Waals surface area contributed by atoms with E-state index in [9.17, 15) is 0 Å². The van der Waals surface area contributed by atoms with Crippen molar-refractivity contribution in [1.29, 1.82) is 0 Å². The number of aromatic nitrogens is 1. The van der Waals surface area contributed by atoms with Gasteiger partial charge in [0.2, 0.25) is 0 Å². The van der Waals surface area contributed by atoms with Crippen LogP contribution >= 0.6 is 0 Å². The van der Waals surface area contributed by atoms with Gasteiger partial charge in [-0.2, -0.15) is 0 Å². The van der Waals surface area contributed by atoms with Gasteiger partial charge in [-0.15, -0.1) is 6.58 Å². The molecule has 1 aromatic carbocycles. The van der Waals surface area contributed by atoms with Crippen molar-refractivity contribution in [1.82, 2.24) is 9.88 Å². The lowest BCUT2D eigenvalue weighted by Crippen LogP contribution is -2.39. The zero-order valence-electron chi connectivity index (χ0n) is 16.8. The largest absolute Gasteiger partial charge is 0.399 e. The summed E-state index contributed by atoms with van der Waals surface area (Å²) in [7, 11) is 0. The van der Waals surface area contributed by atoms with Crippen LogP contribution in [0, 0.1) is 0 Å². The van der Waals surface area contributed by atoms with Crippen LogP contribution in [0.2, 0.25) is 0 Å². The van der Waals surface area contributed by atoms with Gasteiger partial charge in [-0.3, -0.25) is 0 Å². The van der Waals surface area contributed by atoms with Crippen molar-refractivity contribution in [3.63, 3.8) is 0 Å². The number of nitrogens with one attached hydrogen (secondary N) is 1. The van der Waals surface area contributed by atoms with Crippen LogP contribution in [0.1, 0.15) is 44.7 Å². The average molecular weight is 362 g/mol. The summed E-state index contributed by atoms with van der Waals surface area (Å²) < 4.78 is 2.41. The van der Waals surface area contributed by atoms with Crippen LogP contribution in [0.4, 0.5) is 5.69 Å². The highest BCUT2D eigenvalue weighted by atomic mass is 15.0. The summed E-state index contributed by atoms with van der Waals surface area (Å²) in [5.74, 6) is 0. The van der Waals surface area contributed by atoms with E-state index in [-0.39, 0.29) is 11.6 Å². The highest BCUT2D eigenvalue weighted by Gasteiger charge is 2.19. The Bertz CT molecular complexity index is 953. The molecule has 3 N–H and O–H groups in total. The van der Waals surface area contributed by atoms with Crippen molar-refractivity contribution in [2.24, 2.45) is 0 Å². The third-order valence-corrected chi connectivity index (χ3v) is 5.09. The third-order valence-electron chi connectivity index (χ3n) is 5.09. The van der Waals surface area contributed by atoms with E-state index in [1.165, 1.54) is 16.1 Å². The summed E-state index contributed by atoms with van der Waals surface area (Å²) in [5, 5.41) is 6.25. The molecule has 0 amide bonds. The number of benzene rings is 1. The van der Waals surface area contributed by atoms with Crippen LogP contribution in [0.5, 0.6) is 0 Å². The molecule has 0 saturated carbocycles. The van der Waals surface area contributed by atoms with Gasteiger partial charge >= 0.3 is 0 Å². The van der Waals surface area contributed by atoms with Crippen molar-refractivity contribution in [3.8, 4) is 0 Å². The fourth-order valence-electron chi connectivity index (χ4n) is 3.62. The Morgan fingerprint density at radius 1 is 1.22 bits per heavy atom. The van der Waals surface area contributed by atoms with Crippen LogP contribution in [-0.2, 0) is 12.0 Å². The average Bonchev–Trinajstić information content (AvgIpc) is 3.00. The zero-order chi connectivity index (χ0) is 19.6. The minimum atomic E-state index is 0.0642. The summed E-state index contributed by atoms with van der Waals surface area (Å²) in [5.41, 5.74) is 9.90. The molecule has 2 aromatic rings. The van der Waals surface area contributed by atoms with Crippen LogP contribution in [-0.4, -0.2) is 10.6 Å². The van der Waals surface area contributed by atoms with Crippen molar-refractivity contribution in [3.05, 3.63) is 71.4 Å². The van der Waals surface area contributed by atoms with E-state index >= 15 is 0 Å². The highest BCUT2D eigenvalue weighted by Crippen LogP contribution is 2.16. The van der Waals surface area contributed by atoms with E-state index in [2.05, 4.69) is 62.2 Å². The first kappa shape index (κ1) is 19.1. The molecule has 0 saturated heterocycles. The van der Waals surface area contributed by atoms with E-state index in [0.29, 0.717) is 0 Å². The Kier molecular flexibility index (Phi) is 5.31. The second-order valence-electron chi connectivity index (χ2n) is 8.27. The quantitative estimate of drug-likeness (QED) is 0.610. The Hall–Kier alpha value is -2.68. The molecule has 142 valence electrons. The summed E-state index contributed by atoms with van der Waals surface area (Å²) in [6.07, 6.45) is 12.1. The monoisotopic (exact) mass is 361 g/mol. The molecule has 1 aliphatic carbocycles. The molecule has 27 heavy (non-hydrogen) atoms. The zero-order valence-corrected chi connectivity index (χ0v) is 16.8. The van der Waals surface area contributed by atoms with Gasteiger partial charge in [0, 0.05) is 34.5 Å². The molecule has 1 aromatic heterocycles. The molecule has 1 unspecified atom stereocenters. The fourth-order valence-corrected chi connectivity index (χ4v) is 3.62. The van der Waals surface area contributed by atoms with Gasteiger partial charge in [0.05, 0.1) is 0 Å². The number of hydrogen-bond acceptors (Lipinski definition) is 2. The molecule has 1 aliphatic rings. The number of nitrogens with zero attached hydrogens (tertiary/aromatic N) is 1. The van der Waals surface area contributed by atoms with E-state index in [0.717, 1.165) is 36.2 Å². The number of anilines is 1. The van der Waals surface area contributed by atoms with Gasteiger partial charge in [0.25, 0.3) is 0 Å². The second kappa shape index (κ2) is 7.51. The summed E-state index contributed by atoms with van der Waals surface area (Å²) in [6, 6.07) is 7.90. The maximum absolute atomic E-state index is 5.78. The Morgan fingerprint density at radius 3 is 2.52 bits per heavy atom. The number of nitrogen functional groups attached to an aromatic ring is 1. The van der Waals surface area contributed by atoms with Crippen LogP contribution in [0.3, 0.4) is 0 Å². The van der Waals surface area contributed by atoms with Gasteiger partial charge in [-0.1, -0.05) is 36.9 Å². The third kappa shape index (κ3) is 4.19. The first-order valence-corrected chi connectivity index (χ1v) is 9.64. The van der Waals surface area contributed by atoms with E-state index < -0.39 is 0 Å². The topological polar surface area (TPSA) is 43.0 Å². The van der Waals surface area contributed by atoms with Gasteiger partial charge in [-0.25, -0.2) is 0 Å². The summed E-state index contributed by atoms with van der Waals surface area (Å²) in [4.78, 5) is 0. The van der Waals surface area contributed by atoms with Gasteiger partial charge < -0.3 is 15.6 Å². The standard InChI is InChI=1S/C24H31N3/c1-6-21(26-17(2)18-11-13-20(25)14-12-18)15-19-16-27(24(3,4)5)23-10-8-7-9-22(19)23/h6,9-14,16,21,26H,1-2,7-8,15,25H2,3-5H3. The maximum Gasteiger partial charge on any atom is 0.0482 e. The van der Waals surface area contributed by atoms with Crippen molar-refractivity contribution >= 4 is 23.5 Å². The maximum atomic E-state index is 5.78. The molecular formula is C24H31N3. The van der Waals surface area contributed by atoms with E-state index in [1.54, 1.807) is 0 Å². The molecule has 3 heteroatoms. The molecule has 3 rings (SSSR count). The van der Waals surface area contributed by atoms with Gasteiger partial charge in [0.1, 0.15) is 0 Å². The number of hydrogen-bond donors (Lipinski definition) is 2. The first-order chi connectivity index (χ1) is 12.8. The van der Waals surface area contributed by atoms with Crippen molar-refractivity contribution in [2.45, 2.75) is 51.6 Å². The van der Waals surface area contributed by atoms with E-state index in [1.807, 2.05) is 30.3 Å². The van der Waals surface area contributed by atoms with Gasteiger partial charge in [-0.05, 0) is 68.5 Å². The van der Waals surface area contributed by atoms with Gasteiger partial charge in [0.15, 0.2) is 0 Å². The Labute approximate surface area is 162 Å². The van der Waals surface area contributed by atoms with Crippen molar-refractivity contribution < 1.29 is 0 Å². The highest BCUT2D eigenvalue weighted by molar-refractivity contribution is 5.63.